The summed E-state index contributed by atoms with van der Waals surface area (Å²) in [4.78, 5) is 0. The van der Waals surface area contributed by atoms with E-state index in [1.807, 2.05) is 0 Å². The zero-order valence-electron chi connectivity index (χ0n) is 7.69. The maximum Gasteiger partial charge on any atom is 0.152 e. The maximum absolute atomic E-state index is 13.6. The van der Waals surface area contributed by atoms with Crippen molar-refractivity contribution in [1.29, 1.82) is 0 Å². The van der Waals surface area contributed by atoms with E-state index in [2.05, 4.69) is 26.1 Å². The fraction of sp³-hybridized carbons (Fsp3) is 0. The minimum atomic E-state index is -1.04. The van der Waals surface area contributed by atoms with Crippen LogP contribution < -0.4 is 5.73 Å². The van der Waals surface area contributed by atoms with Crippen molar-refractivity contribution < 1.29 is 13.2 Å². The molecule has 0 atom stereocenters. The maximum atomic E-state index is 13.6. The molecule has 0 saturated heterocycles. The summed E-state index contributed by atoms with van der Waals surface area (Å²) in [5.74, 6) is -2.98. The number of benzene rings is 1. The van der Waals surface area contributed by atoms with Gasteiger partial charge in [-0.25, -0.2) is 13.2 Å². The first kappa shape index (κ1) is 11.0. The first-order valence-electron chi connectivity index (χ1n) is 4.15. The fourth-order valence-electron chi connectivity index (χ4n) is 1.28. The van der Waals surface area contributed by atoms with Gasteiger partial charge in [0.1, 0.15) is 17.5 Å². The molecule has 0 radical (unpaired) electrons. The Morgan fingerprint density at radius 1 is 1.19 bits per heavy atom. The summed E-state index contributed by atoms with van der Waals surface area (Å²) in [7, 11) is 0. The zero-order valence-corrected chi connectivity index (χ0v) is 9.28. The van der Waals surface area contributed by atoms with Crippen molar-refractivity contribution in [3.8, 4) is 11.3 Å². The molecule has 3 N–H and O–H groups in total. The molecule has 0 amide bonds. The molecule has 0 bridgehead atoms. The summed E-state index contributed by atoms with van der Waals surface area (Å²) in [6, 6.07) is 1.84. The second-order valence-corrected chi connectivity index (χ2v) is 3.84. The van der Waals surface area contributed by atoms with E-state index in [9.17, 15) is 13.2 Å². The second-order valence-electron chi connectivity index (χ2n) is 3.05. The van der Waals surface area contributed by atoms with Crippen LogP contribution in [0, 0.1) is 17.5 Å². The van der Waals surface area contributed by atoms with Gasteiger partial charge >= 0.3 is 0 Å². The van der Waals surface area contributed by atoms with Crippen LogP contribution in [-0.2, 0) is 0 Å². The molecule has 1 aromatic heterocycles. The van der Waals surface area contributed by atoms with Crippen LogP contribution >= 0.6 is 15.9 Å². The molecule has 0 aliphatic heterocycles. The lowest BCUT2D eigenvalue weighted by Gasteiger charge is -2.04. The number of hydrogen-bond acceptors (Lipinski definition) is 2. The van der Waals surface area contributed by atoms with E-state index in [1.54, 1.807) is 0 Å². The molecule has 1 heterocycles. The number of anilines is 1. The number of halogens is 4. The summed E-state index contributed by atoms with van der Waals surface area (Å²) in [6.07, 6.45) is 0. The molecule has 84 valence electrons. The number of nitrogens with zero attached hydrogens (tertiary/aromatic N) is 1. The van der Waals surface area contributed by atoms with E-state index in [0.29, 0.717) is 6.07 Å². The standard InChI is InChI=1S/C9H5BrF3N3/c10-8-4(12)1-3(11)7(9(8)13)5-2-6(14)16-15-5/h1-2H,(H3,14,15,16). The predicted molar refractivity (Wildman–Crippen MR) is 56.0 cm³/mol. The average molecular weight is 292 g/mol. The van der Waals surface area contributed by atoms with Gasteiger partial charge in [0.2, 0.25) is 0 Å². The van der Waals surface area contributed by atoms with E-state index in [-0.39, 0.29) is 11.5 Å². The van der Waals surface area contributed by atoms with Crippen molar-refractivity contribution in [1.82, 2.24) is 10.2 Å². The molecule has 0 fully saturated rings. The molecular weight excluding hydrogens is 287 g/mol. The first-order chi connectivity index (χ1) is 7.50. The summed E-state index contributed by atoms with van der Waals surface area (Å²) >= 11 is 2.69. The molecule has 0 unspecified atom stereocenters. The van der Waals surface area contributed by atoms with Crippen LogP contribution in [0.3, 0.4) is 0 Å². The van der Waals surface area contributed by atoms with Crippen molar-refractivity contribution in [3.63, 3.8) is 0 Å². The van der Waals surface area contributed by atoms with Gasteiger partial charge in [-0.15, -0.1) is 0 Å². The molecule has 3 nitrogen and oxygen atoms in total. The van der Waals surface area contributed by atoms with Gasteiger partial charge in [-0.1, -0.05) is 0 Å². The number of nitrogen functional groups attached to an aromatic ring is 1. The van der Waals surface area contributed by atoms with Gasteiger partial charge in [0.05, 0.1) is 15.7 Å². The molecule has 2 rings (SSSR count). The monoisotopic (exact) mass is 291 g/mol. The topological polar surface area (TPSA) is 54.7 Å². The van der Waals surface area contributed by atoms with Gasteiger partial charge in [-0.05, 0) is 15.9 Å². The van der Waals surface area contributed by atoms with Crippen molar-refractivity contribution in [2.45, 2.75) is 0 Å². The summed E-state index contributed by atoms with van der Waals surface area (Å²) in [6.45, 7) is 0. The summed E-state index contributed by atoms with van der Waals surface area (Å²) in [5.41, 5.74) is 4.96. The lowest BCUT2D eigenvalue weighted by atomic mass is 10.1. The smallest absolute Gasteiger partial charge is 0.152 e. The predicted octanol–water partition coefficient (Wildman–Crippen LogP) is 2.84. The van der Waals surface area contributed by atoms with Gasteiger partial charge in [0, 0.05) is 12.1 Å². The number of hydrogen-bond donors (Lipinski definition) is 2. The lowest BCUT2D eigenvalue weighted by molar-refractivity contribution is 0.539. The number of nitrogens with two attached hydrogens (primary N) is 1. The Bertz CT molecular complexity index is 553. The molecule has 0 spiro atoms. The largest absolute Gasteiger partial charge is 0.382 e. The van der Waals surface area contributed by atoms with Crippen LogP contribution in [-0.4, -0.2) is 10.2 Å². The van der Waals surface area contributed by atoms with Gasteiger partial charge < -0.3 is 5.73 Å². The van der Waals surface area contributed by atoms with Crippen molar-refractivity contribution in [2.24, 2.45) is 0 Å². The van der Waals surface area contributed by atoms with Gasteiger partial charge in [-0.3, -0.25) is 5.10 Å². The van der Waals surface area contributed by atoms with Gasteiger partial charge in [0.25, 0.3) is 0 Å². The van der Waals surface area contributed by atoms with E-state index in [4.69, 9.17) is 5.73 Å². The third-order valence-corrected chi connectivity index (χ3v) is 2.71. The second kappa shape index (κ2) is 3.82. The summed E-state index contributed by atoms with van der Waals surface area (Å²) < 4.78 is 39.5. The zero-order chi connectivity index (χ0) is 11.9. The van der Waals surface area contributed by atoms with Crippen LogP contribution in [0.1, 0.15) is 0 Å². The Morgan fingerprint density at radius 3 is 2.44 bits per heavy atom. The quantitative estimate of drug-likeness (QED) is 0.627. The highest BCUT2D eigenvalue weighted by molar-refractivity contribution is 9.10. The Morgan fingerprint density at radius 2 is 1.88 bits per heavy atom. The van der Waals surface area contributed by atoms with Gasteiger partial charge in [-0.2, -0.15) is 5.10 Å². The molecule has 7 heteroatoms. The van der Waals surface area contributed by atoms with E-state index >= 15 is 0 Å². The van der Waals surface area contributed by atoms with E-state index < -0.39 is 27.5 Å². The number of H-pyrrole nitrogens is 1. The van der Waals surface area contributed by atoms with Crippen LogP contribution in [0.2, 0.25) is 0 Å². The Balaban J connectivity index is 2.70. The number of rotatable bonds is 1. The first-order valence-corrected chi connectivity index (χ1v) is 4.94. The highest BCUT2D eigenvalue weighted by Crippen LogP contribution is 2.32. The highest BCUT2D eigenvalue weighted by atomic mass is 79.9. The molecule has 16 heavy (non-hydrogen) atoms. The summed E-state index contributed by atoms with van der Waals surface area (Å²) in [5, 5.41) is 5.89. The molecule has 2 aromatic rings. The molecule has 0 saturated carbocycles. The highest BCUT2D eigenvalue weighted by Gasteiger charge is 2.19. The van der Waals surface area contributed by atoms with Crippen LogP contribution in [0.25, 0.3) is 11.3 Å². The fourth-order valence-corrected chi connectivity index (χ4v) is 1.59. The third kappa shape index (κ3) is 1.67. The lowest BCUT2D eigenvalue weighted by Crippen LogP contribution is -1.95. The molecule has 1 aromatic carbocycles. The Kier molecular flexibility index (Phi) is 2.63. The number of aromatic amines is 1. The Hall–Kier alpha value is -1.50. The van der Waals surface area contributed by atoms with Crippen molar-refractivity contribution in [3.05, 3.63) is 34.1 Å². The number of nitrogens with one attached hydrogen (secondary N) is 1. The van der Waals surface area contributed by atoms with E-state index in [0.717, 1.165) is 0 Å². The van der Waals surface area contributed by atoms with Crippen LogP contribution in [0.15, 0.2) is 16.6 Å². The molecule has 0 aliphatic rings. The minimum absolute atomic E-state index is 0.0493. The third-order valence-electron chi connectivity index (χ3n) is 1.98. The van der Waals surface area contributed by atoms with Crippen LogP contribution in [0.4, 0.5) is 19.0 Å². The SMILES string of the molecule is Nc1cc(-c2c(F)cc(F)c(Br)c2F)[nH]n1. The van der Waals surface area contributed by atoms with Crippen molar-refractivity contribution >= 4 is 21.7 Å². The normalized spacial score (nSPS) is 10.8. The van der Waals surface area contributed by atoms with Gasteiger partial charge in [0.15, 0.2) is 5.82 Å². The molecule has 0 aliphatic carbocycles. The van der Waals surface area contributed by atoms with Crippen molar-refractivity contribution in [2.75, 3.05) is 5.73 Å². The van der Waals surface area contributed by atoms with Crippen LogP contribution in [0.5, 0.6) is 0 Å². The Labute approximate surface area is 96.6 Å². The van der Waals surface area contributed by atoms with E-state index in [1.165, 1.54) is 6.07 Å². The minimum Gasteiger partial charge on any atom is -0.382 e. The molecular formula is C9H5BrF3N3. The number of aromatic nitrogens is 2. The average Bonchev–Trinajstić information content (AvgIpc) is 2.61.